The van der Waals surface area contributed by atoms with Crippen LogP contribution in [0.15, 0.2) is 22.7 Å². The maximum absolute atomic E-state index is 6.10. The third-order valence-corrected chi connectivity index (χ3v) is 5.81. The SMILES string of the molecule is CC1CC(C)C(C)N(C(CN)c2ccc(Cl)c(Br)c2)C1. The number of piperidine rings is 1. The molecule has 1 aliphatic heterocycles. The van der Waals surface area contributed by atoms with Gasteiger partial charge >= 0.3 is 0 Å². The predicted octanol–water partition coefficient (Wildman–Crippen LogP) is 4.47. The highest BCUT2D eigenvalue weighted by Crippen LogP contribution is 2.35. The Morgan fingerprint density at radius 3 is 2.70 bits per heavy atom. The molecule has 2 rings (SSSR count). The first kappa shape index (κ1) is 16.3. The second-order valence-corrected chi connectivity index (χ2v) is 7.44. The summed E-state index contributed by atoms with van der Waals surface area (Å²) in [6.07, 6.45) is 1.30. The van der Waals surface area contributed by atoms with Crippen LogP contribution in [-0.2, 0) is 0 Å². The fraction of sp³-hybridized carbons (Fsp3) is 0.625. The molecule has 4 atom stereocenters. The molecule has 1 aromatic carbocycles. The van der Waals surface area contributed by atoms with Crippen LogP contribution < -0.4 is 5.73 Å². The van der Waals surface area contributed by atoms with Gasteiger partial charge in [-0.15, -0.1) is 0 Å². The maximum Gasteiger partial charge on any atom is 0.0548 e. The van der Waals surface area contributed by atoms with Crippen molar-refractivity contribution in [3.63, 3.8) is 0 Å². The zero-order valence-corrected chi connectivity index (χ0v) is 14.8. The average molecular weight is 360 g/mol. The Bertz CT molecular complexity index is 466. The molecule has 0 spiro atoms. The highest BCUT2D eigenvalue weighted by molar-refractivity contribution is 9.10. The van der Waals surface area contributed by atoms with Crippen molar-refractivity contribution < 1.29 is 0 Å². The molecule has 112 valence electrons. The van der Waals surface area contributed by atoms with Gasteiger partial charge in [-0.25, -0.2) is 0 Å². The minimum absolute atomic E-state index is 0.267. The minimum Gasteiger partial charge on any atom is -0.329 e. The second-order valence-electron chi connectivity index (χ2n) is 6.18. The van der Waals surface area contributed by atoms with Crippen LogP contribution in [0.4, 0.5) is 0 Å². The standard InChI is InChI=1S/C16H24BrClN2/c1-10-6-11(2)12(3)20(9-10)16(8-19)13-4-5-15(18)14(17)7-13/h4-5,7,10-12,16H,6,8-9,19H2,1-3H3. The van der Waals surface area contributed by atoms with Gasteiger partial charge in [0.05, 0.1) is 5.02 Å². The Morgan fingerprint density at radius 1 is 1.40 bits per heavy atom. The number of rotatable bonds is 3. The van der Waals surface area contributed by atoms with Crippen molar-refractivity contribution in [3.05, 3.63) is 33.3 Å². The van der Waals surface area contributed by atoms with Crippen molar-refractivity contribution in [2.45, 2.75) is 39.3 Å². The van der Waals surface area contributed by atoms with E-state index in [1.807, 2.05) is 6.07 Å². The highest BCUT2D eigenvalue weighted by atomic mass is 79.9. The van der Waals surface area contributed by atoms with E-state index >= 15 is 0 Å². The van der Waals surface area contributed by atoms with Gasteiger partial charge in [0.25, 0.3) is 0 Å². The fourth-order valence-corrected chi connectivity index (χ4v) is 3.87. The Hall–Kier alpha value is -0.0900. The third-order valence-electron chi connectivity index (χ3n) is 4.60. The molecule has 0 aromatic heterocycles. The van der Waals surface area contributed by atoms with Crippen LogP contribution in [0.5, 0.6) is 0 Å². The molecule has 0 saturated carbocycles. The zero-order valence-electron chi connectivity index (χ0n) is 12.4. The van der Waals surface area contributed by atoms with Crippen molar-refractivity contribution in [3.8, 4) is 0 Å². The Morgan fingerprint density at radius 2 is 2.10 bits per heavy atom. The number of hydrogen-bond donors (Lipinski definition) is 1. The minimum atomic E-state index is 0.267. The molecule has 1 aliphatic rings. The zero-order chi connectivity index (χ0) is 14.9. The van der Waals surface area contributed by atoms with Crippen LogP contribution in [0.3, 0.4) is 0 Å². The summed E-state index contributed by atoms with van der Waals surface area (Å²) in [7, 11) is 0. The first-order valence-corrected chi connectivity index (χ1v) is 8.51. The molecule has 2 nitrogen and oxygen atoms in total. The molecule has 1 heterocycles. The molecule has 1 saturated heterocycles. The topological polar surface area (TPSA) is 29.3 Å². The van der Waals surface area contributed by atoms with E-state index in [1.54, 1.807) is 0 Å². The molecule has 0 bridgehead atoms. The lowest BCUT2D eigenvalue weighted by molar-refractivity contribution is 0.0424. The first-order chi connectivity index (χ1) is 9.43. The van der Waals surface area contributed by atoms with Gasteiger partial charge in [0.2, 0.25) is 0 Å². The average Bonchev–Trinajstić information content (AvgIpc) is 2.40. The molecule has 20 heavy (non-hydrogen) atoms. The van der Waals surface area contributed by atoms with Crippen LogP contribution in [-0.4, -0.2) is 24.0 Å². The predicted molar refractivity (Wildman–Crippen MR) is 90.1 cm³/mol. The molecular formula is C16H24BrClN2. The van der Waals surface area contributed by atoms with Crippen molar-refractivity contribution in [2.75, 3.05) is 13.1 Å². The van der Waals surface area contributed by atoms with Gasteiger partial charge in [0, 0.05) is 29.6 Å². The van der Waals surface area contributed by atoms with Crippen LogP contribution in [0.25, 0.3) is 0 Å². The van der Waals surface area contributed by atoms with E-state index in [-0.39, 0.29) is 6.04 Å². The largest absolute Gasteiger partial charge is 0.329 e. The highest BCUT2D eigenvalue weighted by Gasteiger charge is 2.33. The summed E-state index contributed by atoms with van der Waals surface area (Å²) < 4.78 is 0.945. The van der Waals surface area contributed by atoms with Crippen molar-refractivity contribution in [2.24, 2.45) is 17.6 Å². The van der Waals surface area contributed by atoms with Gasteiger partial charge in [-0.1, -0.05) is 31.5 Å². The lowest BCUT2D eigenvalue weighted by Gasteiger charge is -2.45. The summed E-state index contributed by atoms with van der Waals surface area (Å²) in [6, 6.07) is 6.99. The number of hydrogen-bond acceptors (Lipinski definition) is 2. The van der Waals surface area contributed by atoms with E-state index in [0.717, 1.165) is 22.0 Å². The molecule has 2 N–H and O–H groups in total. The summed E-state index contributed by atoms with van der Waals surface area (Å²) >= 11 is 9.61. The Labute approximate surface area is 135 Å². The molecule has 4 heteroatoms. The maximum atomic E-state index is 6.10. The van der Waals surface area contributed by atoms with Gasteiger partial charge in [-0.05, 0) is 58.8 Å². The summed E-state index contributed by atoms with van der Waals surface area (Å²) in [4.78, 5) is 2.56. The third kappa shape index (κ3) is 3.38. The summed E-state index contributed by atoms with van der Waals surface area (Å²) in [5.41, 5.74) is 7.33. The summed E-state index contributed by atoms with van der Waals surface area (Å²) in [5.74, 6) is 1.44. The van der Waals surface area contributed by atoms with E-state index in [0.29, 0.717) is 18.5 Å². The second kappa shape index (κ2) is 6.78. The van der Waals surface area contributed by atoms with Crippen molar-refractivity contribution >= 4 is 27.5 Å². The number of nitrogens with two attached hydrogens (primary N) is 1. The Balaban J connectivity index is 2.28. The molecule has 0 amide bonds. The van der Waals surface area contributed by atoms with Crippen LogP contribution in [0.1, 0.15) is 38.8 Å². The van der Waals surface area contributed by atoms with Crippen LogP contribution >= 0.6 is 27.5 Å². The molecule has 1 fully saturated rings. The number of halogens is 2. The van der Waals surface area contributed by atoms with E-state index < -0.39 is 0 Å². The number of likely N-dealkylation sites (tertiary alicyclic amines) is 1. The van der Waals surface area contributed by atoms with Crippen molar-refractivity contribution in [1.82, 2.24) is 4.90 Å². The van der Waals surface area contributed by atoms with E-state index in [4.69, 9.17) is 17.3 Å². The van der Waals surface area contributed by atoms with Gasteiger partial charge in [-0.2, -0.15) is 0 Å². The number of nitrogens with zero attached hydrogens (tertiary/aromatic N) is 1. The quantitative estimate of drug-likeness (QED) is 0.863. The molecule has 0 aliphatic carbocycles. The van der Waals surface area contributed by atoms with Gasteiger partial charge in [0.15, 0.2) is 0 Å². The lowest BCUT2D eigenvalue weighted by atomic mass is 9.84. The molecular weight excluding hydrogens is 336 g/mol. The normalized spacial score (nSPS) is 29.4. The van der Waals surface area contributed by atoms with E-state index in [9.17, 15) is 0 Å². The van der Waals surface area contributed by atoms with E-state index in [2.05, 4.69) is 53.7 Å². The van der Waals surface area contributed by atoms with Gasteiger partial charge in [0.1, 0.15) is 0 Å². The van der Waals surface area contributed by atoms with E-state index in [1.165, 1.54) is 12.0 Å². The first-order valence-electron chi connectivity index (χ1n) is 7.34. The summed E-state index contributed by atoms with van der Waals surface area (Å²) in [5, 5.41) is 0.748. The monoisotopic (exact) mass is 358 g/mol. The number of benzene rings is 1. The van der Waals surface area contributed by atoms with Gasteiger partial charge < -0.3 is 5.73 Å². The lowest BCUT2D eigenvalue weighted by Crippen LogP contribution is -2.49. The smallest absolute Gasteiger partial charge is 0.0548 e. The molecule has 1 aromatic rings. The fourth-order valence-electron chi connectivity index (χ4n) is 3.35. The van der Waals surface area contributed by atoms with Gasteiger partial charge in [-0.3, -0.25) is 4.90 Å². The van der Waals surface area contributed by atoms with Crippen LogP contribution in [0.2, 0.25) is 5.02 Å². The molecule has 4 unspecified atom stereocenters. The summed E-state index contributed by atoms with van der Waals surface area (Å²) in [6.45, 7) is 8.76. The van der Waals surface area contributed by atoms with Crippen molar-refractivity contribution in [1.29, 1.82) is 0 Å². The Kier molecular flexibility index (Phi) is 5.52. The van der Waals surface area contributed by atoms with Crippen LogP contribution in [0, 0.1) is 11.8 Å². The molecule has 0 radical (unpaired) electrons.